The van der Waals surface area contributed by atoms with Crippen LogP contribution in [-0.2, 0) is 6.42 Å². The minimum atomic E-state index is 0.146. The summed E-state index contributed by atoms with van der Waals surface area (Å²) in [5.74, 6) is 3.41. The van der Waals surface area contributed by atoms with Gasteiger partial charge in [-0.15, -0.1) is 0 Å². The molecule has 2 fully saturated rings. The highest BCUT2D eigenvalue weighted by Gasteiger charge is 2.38. The van der Waals surface area contributed by atoms with Gasteiger partial charge >= 0.3 is 0 Å². The second-order valence-electron chi connectivity index (χ2n) is 5.02. The predicted octanol–water partition coefficient (Wildman–Crippen LogP) is 2.55. The van der Waals surface area contributed by atoms with Crippen molar-refractivity contribution in [1.29, 1.82) is 0 Å². The number of hydrogen-bond acceptors (Lipinski definition) is 2. The van der Waals surface area contributed by atoms with Crippen LogP contribution >= 0.6 is 11.8 Å². The Morgan fingerprint density at radius 1 is 1.33 bits per heavy atom. The molecule has 1 aromatic rings. The van der Waals surface area contributed by atoms with E-state index in [-0.39, 0.29) is 5.54 Å². The summed E-state index contributed by atoms with van der Waals surface area (Å²) >= 11 is 2.05. The van der Waals surface area contributed by atoms with E-state index in [4.69, 9.17) is 5.73 Å². The molecule has 0 amide bonds. The Kier molecular flexibility index (Phi) is 2.29. The van der Waals surface area contributed by atoms with Crippen LogP contribution < -0.4 is 5.73 Å². The summed E-state index contributed by atoms with van der Waals surface area (Å²) in [5, 5.41) is 0. The van der Waals surface area contributed by atoms with E-state index in [2.05, 4.69) is 24.3 Å². The van der Waals surface area contributed by atoms with Crippen molar-refractivity contribution in [1.82, 2.24) is 0 Å². The molecule has 1 saturated heterocycles. The van der Waals surface area contributed by atoms with Gasteiger partial charge in [0.25, 0.3) is 0 Å². The second-order valence-corrected chi connectivity index (χ2v) is 6.09. The van der Waals surface area contributed by atoms with Gasteiger partial charge in [-0.25, -0.2) is 0 Å². The Morgan fingerprint density at radius 3 is 2.73 bits per heavy atom. The molecule has 1 aliphatic carbocycles. The van der Waals surface area contributed by atoms with E-state index >= 15 is 0 Å². The Labute approximate surface area is 95.4 Å². The fourth-order valence-electron chi connectivity index (χ4n) is 2.13. The SMILES string of the molecule is NC1(Cc2cccc(C3CSC3)c2)CC1. The summed E-state index contributed by atoms with van der Waals surface area (Å²) in [6.07, 6.45) is 3.48. The van der Waals surface area contributed by atoms with E-state index in [0.29, 0.717) is 0 Å². The standard InChI is InChI=1S/C13H17NS/c14-13(4-5-13)7-10-2-1-3-11(6-10)12-8-15-9-12/h1-3,6,12H,4-5,7-9,14H2. The molecule has 2 heteroatoms. The van der Waals surface area contributed by atoms with Gasteiger partial charge in [-0.1, -0.05) is 24.3 Å². The van der Waals surface area contributed by atoms with E-state index in [1.165, 1.54) is 35.5 Å². The third kappa shape index (κ3) is 2.06. The lowest BCUT2D eigenvalue weighted by atomic mass is 9.96. The Balaban J connectivity index is 1.76. The van der Waals surface area contributed by atoms with Crippen molar-refractivity contribution in [3.05, 3.63) is 35.4 Å². The molecule has 15 heavy (non-hydrogen) atoms. The van der Waals surface area contributed by atoms with E-state index in [9.17, 15) is 0 Å². The van der Waals surface area contributed by atoms with Crippen LogP contribution in [0.3, 0.4) is 0 Å². The number of rotatable bonds is 3. The molecule has 0 bridgehead atoms. The van der Waals surface area contributed by atoms with Crippen molar-refractivity contribution in [2.75, 3.05) is 11.5 Å². The van der Waals surface area contributed by atoms with Gasteiger partial charge in [-0.05, 0) is 30.4 Å². The monoisotopic (exact) mass is 219 g/mol. The van der Waals surface area contributed by atoms with Gasteiger partial charge in [-0.2, -0.15) is 11.8 Å². The third-order valence-corrected chi connectivity index (χ3v) is 4.79. The first kappa shape index (κ1) is 9.73. The molecular weight excluding hydrogens is 202 g/mol. The molecule has 0 radical (unpaired) electrons. The molecule has 1 nitrogen and oxygen atoms in total. The maximum atomic E-state index is 6.15. The van der Waals surface area contributed by atoms with E-state index in [1.807, 2.05) is 11.8 Å². The molecule has 2 N–H and O–H groups in total. The molecule has 3 rings (SSSR count). The maximum absolute atomic E-state index is 6.15. The molecule has 1 aromatic carbocycles. The van der Waals surface area contributed by atoms with Gasteiger partial charge in [0.15, 0.2) is 0 Å². The molecule has 0 unspecified atom stereocenters. The average molecular weight is 219 g/mol. The van der Waals surface area contributed by atoms with Gasteiger partial charge in [-0.3, -0.25) is 0 Å². The van der Waals surface area contributed by atoms with Crippen LogP contribution in [0.2, 0.25) is 0 Å². The quantitative estimate of drug-likeness (QED) is 0.845. The fourth-order valence-corrected chi connectivity index (χ4v) is 2.99. The van der Waals surface area contributed by atoms with Crippen LogP contribution in [0.4, 0.5) is 0 Å². The molecule has 1 heterocycles. The van der Waals surface area contributed by atoms with Gasteiger partial charge in [0.2, 0.25) is 0 Å². The minimum absolute atomic E-state index is 0.146. The summed E-state index contributed by atoms with van der Waals surface area (Å²) in [4.78, 5) is 0. The molecule has 0 atom stereocenters. The second kappa shape index (κ2) is 3.53. The first-order valence-electron chi connectivity index (χ1n) is 5.71. The Morgan fingerprint density at radius 2 is 2.13 bits per heavy atom. The zero-order valence-electron chi connectivity index (χ0n) is 8.91. The highest BCUT2D eigenvalue weighted by molar-refractivity contribution is 8.00. The first-order valence-corrected chi connectivity index (χ1v) is 6.86. The highest BCUT2D eigenvalue weighted by atomic mass is 32.2. The van der Waals surface area contributed by atoms with Gasteiger partial charge in [0.1, 0.15) is 0 Å². The normalized spacial score (nSPS) is 23.5. The van der Waals surface area contributed by atoms with Gasteiger partial charge in [0.05, 0.1) is 0 Å². The third-order valence-electron chi connectivity index (χ3n) is 3.51. The molecule has 2 aliphatic rings. The smallest absolute Gasteiger partial charge is 0.0196 e. The van der Waals surface area contributed by atoms with E-state index in [1.54, 1.807) is 0 Å². The van der Waals surface area contributed by atoms with Crippen LogP contribution in [0.1, 0.15) is 29.9 Å². The Bertz CT molecular complexity index is 367. The largest absolute Gasteiger partial charge is 0.325 e. The summed E-state index contributed by atoms with van der Waals surface area (Å²) < 4.78 is 0. The average Bonchev–Trinajstić information content (AvgIpc) is 2.80. The van der Waals surface area contributed by atoms with Crippen LogP contribution in [-0.4, -0.2) is 17.0 Å². The topological polar surface area (TPSA) is 26.0 Å². The maximum Gasteiger partial charge on any atom is 0.0196 e. The zero-order valence-corrected chi connectivity index (χ0v) is 9.72. The van der Waals surface area contributed by atoms with Crippen molar-refractivity contribution in [2.45, 2.75) is 30.7 Å². The lowest BCUT2D eigenvalue weighted by Crippen LogP contribution is -2.24. The number of benzene rings is 1. The molecule has 1 saturated carbocycles. The number of hydrogen-bond donors (Lipinski definition) is 1. The van der Waals surface area contributed by atoms with Crippen molar-refractivity contribution < 1.29 is 0 Å². The zero-order chi connectivity index (χ0) is 10.3. The minimum Gasteiger partial charge on any atom is -0.325 e. The highest BCUT2D eigenvalue weighted by Crippen LogP contribution is 2.37. The summed E-state index contributed by atoms with van der Waals surface area (Å²) in [5.41, 5.74) is 9.25. The molecular formula is C13H17NS. The first-order chi connectivity index (χ1) is 7.25. The van der Waals surface area contributed by atoms with Gasteiger partial charge in [0, 0.05) is 23.0 Å². The van der Waals surface area contributed by atoms with Crippen LogP contribution in [0, 0.1) is 0 Å². The summed E-state index contributed by atoms with van der Waals surface area (Å²) in [6, 6.07) is 9.06. The number of thioether (sulfide) groups is 1. The van der Waals surface area contributed by atoms with E-state index < -0.39 is 0 Å². The number of nitrogens with two attached hydrogens (primary N) is 1. The van der Waals surface area contributed by atoms with Gasteiger partial charge < -0.3 is 5.73 Å². The van der Waals surface area contributed by atoms with Crippen LogP contribution in [0.15, 0.2) is 24.3 Å². The van der Waals surface area contributed by atoms with E-state index in [0.717, 1.165) is 12.3 Å². The van der Waals surface area contributed by atoms with Crippen molar-refractivity contribution in [2.24, 2.45) is 5.73 Å². The van der Waals surface area contributed by atoms with Crippen LogP contribution in [0.5, 0.6) is 0 Å². The summed E-state index contributed by atoms with van der Waals surface area (Å²) in [7, 11) is 0. The summed E-state index contributed by atoms with van der Waals surface area (Å²) in [6.45, 7) is 0. The lowest BCUT2D eigenvalue weighted by molar-refractivity contribution is 0.670. The molecule has 1 aliphatic heterocycles. The molecule has 0 aromatic heterocycles. The van der Waals surface area contributed by atoms with Crippen molar-refractivity contribution in [3.63, 3.8) is 0 Å². The van der Waals surface area contributed by atoms with Crippen LogP contribution in [0.25, 0.3) is 0 Å². The Hall–Kier alpha value is -0.470. The molecule has 80 valence electrons. The fraction of sp³-hybridized carbons (Fsp3) is 0.538. The van der Waals surface area contributed by atoms with Crippen molar-refractivity contribution >= 4 is 11.8 Å². The lowest BCUT2D eigenvalue weighted by Gasteiger charge is -2.25. The predicted molar refractivity (Wildman–Crippen MR) is 66.4 cm³/mol. The molecule has 0 spiro atoms. The van der Waals surface area contributed by atoms with Crippen molar-refractivity contribution in [3.8, 4) is 0 Å².